The van der Waals surface area contributed by atoms with Crippen LogP contribution in [0.2, 0.25) is 0 Å². The van der Waals surface area contributed by atoms with Crippen LogP contribution in [0.1, 0.15) is 11.1 Å². The maximum atomic E-state index is 11.8. The molecule has 0 saturated carbocycles. The van der Waals surface area contributed by atoms with Crippen molar-refractivity contribution in [3.8, 4) is 5.75 Å². The molecule has 0 aliphatic heterocycles. The van der Waals surface area contributed by atoms with E-state index in [-0.39, 0.29) is 12.5 Å². The number of para-hydroxylation sites is 2. The molecule has 5 nitrogen and oxygen atoms in total. The zero-order chi connectivity index (χ0) is 16.8. The van der Waals surface area contributed by atoms with Gasteiger partial charge in [0.25, 0.3) is 5.91 Å². The summed E-state index contributed by atoms with van der Waals surface area (Å²) in [5.41, 5.74) is 5.13. The minimum absolute atomic E-state index is 0.0873. The quantitative estimate of drug-likeness (QED) is 0.580. The summed E-state index contributed by atoms with van der Waals surface area (Å²) in [6.07, 6.45) is 3.31. The highest BCUT2D eigenvalue weighted by atomic mass is 16.5. The number of nitrogens with zero attached hydrogens (tertiary/aromatic N) is 2. The average Bonchev–Trinajstić information content (AvgIpc) is 2.61. The van der Waals surface area contributed by atoms with Gasteiger partial charge in [-0.1, -0.05) is 42.5 Å². The van der Waals surface area contributed by atoms with E-state index < -0.39 is 0 Å². The smallest absolute Gasteiger partial charge is 0.277 e. The van der Waals surface area contributed by atoms with Gasteiger partial charge in [-0.25, -0.2) is 5.43 Å². The predicted octanol–water partition coefficient (Wildman–Crippen LogP) is 3.07. The molecule has 0 radical (unpaired) electrons. The number of aryl methyl sites for hydroxylation is 1. The molecular weight excluding hydrogens is 302 g/mol. The summed E-state index contributed by atoms with van der Waals surface area (Å²) in [7, 11) is 0. The Hall–Kier alpha value is -3.21. The number of aromatic nitrogens is 1. The molecule has 24 heavy (non-hydrogen) atoms. The van der Waals surface area contributed by atoms with Crippen LogP contribution < -0.4 is 10.2 Å². The second-order valence-corrected chi connectivity index (χ2v) is 5.27. The third-order valence-electron chi connectivity index (χ3n) is 3.51. The van der Waals surface area contributed by atoms with Crippen LogP contribution in [0.15, 0.2) is 65.9 Å². The van der Waals surface area contributed by atoms with E-state index in [1.54, 1.807) is 12.4 Å². The number of ether oxygens (including phenoxy) is 1. The first kappa shape index (κ1) is 15.7. The van der Waals surface area contributed by atoms with Crippen molar-refractivity contribution in [2.75, 3.05) is 6.61 Å². The van der Waals surface area contributed by atoms with Crippen molar-refractivity contribution < 1.29 is 9.53 Å². The first-order chi connectivity index (χ1) is 11.7. The molecule has 2 aromatic carbocycles. The van der Waals surface area contributed by atoms with Gasteiger partial charge in [0.15, 0.2) is 6.61 Å². The number of nitrogens with one attached hydrogen (secondary N) is 1. The molecule has 0 aliphatic carbocycles. The minimum atomic E-state index is -0.317. The van der Waals surface area contributed by atoms with Crippen LogP contribution >= 0.6 is 0 Å². The molecule has 3 aromatic rings. The highest BCUT2D eigenvalue weighted by Crippen LogP contribution is 2.16. The molecule has 1 heterocycles. The van der Waals surface area contributed by atoms with Gasteiger partial charge in [-0.3, -0.25) is 9.78 Å². The lowest BCUT2D eigenvalue weighted by Gasteiger charge is -2.07. The number of amides is 1. The van der Waals surface area contributed by atoms with E-state index in [1.165, 1.54) is 0 Å². The summed E-state index contributed by atoms with van der Waals surface area (Å²) >= 11 is 0. The first-order valence-electron chi connectivity index (χ1n) is 7.58. The van der Waals surface area contributed by atoms with Crippen LogP contribution in [-0.4, -0.2) is 23.7 Å². The van der Waals surface area contributed by atoms with Crippen molar-refractivity contribution in [2.45, 2.75) is 6.92 Å². The molecule has 1 aromatic heterocycles. The van der Waals surface area contributed by atoms with Gasteiger partial charge in [-0.15, -0.1) is 0 Å². The Balaban J connectivity index is 1.59. The fraction of sp³-hybridized carbons (Fsp3) is 0.105. The Morgan fingerprint density at radius 1 is 1.17 bits per heavy atom. The molecule has 0 aliphatic rings. The second kappa shape index (κ2) is 7.37. The Bertz CT molecular complexity index is 885. The zero-order valence-electron chi connectivity index (χ0n) is 13.3. The first-order valence-corrected chi connectivity index (χ1v) is 7.58. The SMILES string of the molecule is Cc1ccccc1OCC(=O)N/N=C/c1cccc2cccnc12. The van der Waals surface area contributed by atoms with Crippen LogP contribution in [0.25, 0.3) is 10.9 Å². The molecule has 1 amide bonds. The normalized spacial score (nSPS) is 10.9. The Morgan fingerprint density at radius 2 is 2.00 bits per heavy atom. The largest absolute Gasteiger partial charge is 0.483 e. The third-order valence-corrected chi connectivity index (χ3v) is 3.51. The van der Waals surface area contributed by atoms with E-state index in [2.05, 4.69) is 15.5 Å². The van der Waals surface area contributed by atoms with Crippen LogP contribution in [0, 0.1) is 6.92 Å². The monoisotopic (exact) mass is 319 g/mol. The zero-order valence-corrected chi connectivity index (χ0v) is 13.3. The third kappa shape index (κ3) is 3.76. The molecule has 0 unspecified atom stereocenters. The van der Waals surface area contributed by atoms with Gasteiger partial charge in [0.2, 0.25) is 0 Å². The van der Waals surface area contributed by atoms with Gasteiger partial charge < -0.3 is 4.74 Å². The van der Waals surface area contributed by atoms with E-state index in [0.717, 1.165) is 22.0 Å². The van der Waals surface area contributed by atoms with E-state index in [9.17, 15) is 4.79 Å². The summed E-state index contributed by atoms with van der Waals surface area (Å²) < 4.78 is 5.47. The number of hydrogen-bond donors (Lipinski definition) is 1. The Labute approximate surface area is 140 Å². The highest BCUT2D eigenvalue weighted by molar-refractivity contribution is 5.97. The van der Waals surface area contributed by atoms with E-state index in [0.29, 0.717) is 5.75 Å². The molecule has 0 spiro atoms. The summed E-state index contributed by atoms with van der Waals surface area (Å²) in [5.74, 6) is 0.373. The molecule has 5 heteroatoms. The van der Waals surface area contributed by atoms with Crippen LogP contribution in [-0.2, 0) is 4.79 Å². The number of carbonyl (C=O) groups excluding carboxylic acids is 1. The Morgan fingerprint density at radius 3 is 2.88 bits per heavy atom. The maximum absolute atomic E-state index is 11.8. The Kier molecular flexibility index (Phi) is 4.81. The molecule has 3 rings (SSSR count). The van der Waals surface area contributed by atoms with Crippen LogP contribution in [0.4, 0.5) is 0 Å². The molecule has 120 valence electrons. The van der Waals surface area contributed by atoms with Crippen LogP contribution in [0.5, 0.6) is 5.75 Å². The number of pyridine rings is 1. The number of rotatable bonds is 5. The summed E-state index contributed by atoms with van der Waals surface area (Å²) in [4.78, 5) is 16.2. The molecule has 0 atom stereocenters. The van der Waals surface area contributed by atoms with Gasteiger partial charge in [0.05, 0.1) is 11.7 Å². The number of benzene rings is 2. The standard InChI is InChI=1S/C19H17N3O2/c1-14-6-2-3-10-17(14)24-13-18(23)22-21-12-16-8-4-7-15-9-5-11-20-19(15)16/h2-12H,13H2,1H3,(H,22,23)/b21-12+. The van der Waals surface area contributed by atoms with Crippen molar-refractivity contribution in [3.05, 3.63) is 71.9 Å². The fourth-order valence-corrected chi connectivity index (χ4v) is 2.30. The molecule has 0 bridgehead atoms. The second-order valence-electron chi connectivity index (χ2n) is 5.27. The lowest BCUT2D eigenvalue weighted by molar-refractivity contribution is -0.123. The molecule has 0 saturated heterocycles. The van der Waals surface area contributed by atoms with Gasteiger partial charge in [0, 0.05) is 17.1 Å². The van der Waals surface area contributed by atoms with Crippen LogP contribution in [0.3, 0.4) is 0 Å². The van der Waals surface area contributed by atoms with E-state index in [4.69, 9.17) is 4.74 Å². The van der Waals surface area contributed by atoms with E-state index >= 15 is 0 Å². The van der Waals surface area contributed by atoms with Crippen molar-refractivity contribution >= 4 is 23.0 Å². The minimum Gasteiger partial charge on any atom is -0.483 e. The van der Waals surface area contributed by atoms with Crippen molar-refractivity contribution in [3.63, 3.8) is 0 Å². The number of carbonyl (C=O) groups is 1. The fourth-order valence-electron chi connectivity index (χ4n) is 2.30. The van der Waals surface area contributed by atoms with E-state index in [1.807, 2.05) is 61.5 Å². The van der Waals surface area contributed by atoms with Gasteiger partial charge >= 0.3 is 0 Å². The van der Waals surface area contributed by atoms with Gasteiger partial charge in [-0.05, 0) is 24.6 Å². The summed E-state index contributed by atoms with van der Waals surface area (Å²) in [5, 5.41) is 5.01. The maximum Gasteiger partial charge on any atom is 0.277 e. The van der Waals surface area contributed by atoms with Crippen molar-refractivity contribution in [2.24, 2.45) is 5.10 Å². The van der Waals surface area contributed by atoms with Crippen molar-refractivity contribution in [1.82, 2.24) is 10.4 Å². The summed E-state index contributed by atoms with van der Waals surface area (Å²) in [6.45, 7) is 1.84. The predicted molar refractivity (Wildman–Crippen MR) is 94.2 cm³/mol. The molecule has 0 fully saturated rings. The molecular formula is C19H17N3O2. The topological polar surface area (TPSA) is 63.6 Å². The van der Waals surface area contributed by atoms with Gasteiger partial charge in [-0.2, -0.15) is 5.10 Å². The number of fused-ring (bicyclic) bond motifs is 1. The highest BCUT2D eigenvalue weighted by Gasteiger charge is 2.03. The van der Waals surface area contributed by atoms with Gasteiger partial charge in [0.1, 0.15) is 5.75 Å². The summed E-state index contributed by atoms with van der Waals surface area (Å²) in [6, 6.07) is 17.2. The molecule has 1 N–H and O–H groups in total. The lowest BCUT2D eigenvalue weighted by Crippen LogP contribution is -2.24. The average molecular weight is 319 g/mol. The number of hydrogen-bond acceptors (Lipinski definition) is 4. The number of hydrazone groups is 1. The lowest BCUT2D eigenvalue weighted by atomic mass is 10.1. The van der Waals surface area contributed by atoms with Crippen molar-refractivity contribution in [1.29, 1.82) is 0 Å².